The van der Waals surface area contributed by atoms with E-state index in [0.717, 1.165) is 19.1 Å². The second-order valence-corrected chi connectivity index (χ2v) is 10.1. The van der Waals surface area contributed by atoms with E-state index in [0.29, 0.717) is 35.7 Å². The predicted molar refractivity (Wildman–Crippen MR) is 124 cm³/mol. The molecule has 5 rings (SSSR count). The summed E-state index contributed by atoms with van der Waals surface area (Å²) >= 11 is 6.10. The molecule has 1 aliphatic heterocycles. The Morgan fingerprint density at radius 2 is 2.03 bits per heavy atom. The molecular formula is C26H26ClF2NO4. The van der Waals surface area contributed by atoms with Crippen LogP contribution >= 0.6 is 11.6 Å². The van der Waals surface area contributed by atoms with Gasteiger partial charge >= 0.3 is 5.97 Å². The number of benzene rings is 2. The van der Waals surface area contributed by atoms with Crippen molar-refractivity contribution in [2.75, 3.05) is 31.7 Å². The van der Waals surface area contributed by atoms with Crippen molar-refractivity contribution in [1.82, 2.24) is 0 Å². The Kier molecular flexibility index (Phi) is 5.79. The monoisotopic (exact) mass is 489 g/mol. The Hall–Kier alpha value is -2.67. The maximum absolute atomic E-state index is 14.9. The number of fused-ring (bicyclic) bond motifs is 3. The number of halogens is 3. The molecule has 5 nitrogen and oxygen atoms in total. The second-order valence-electron chi connectivity index (χ2n) is 9.66. The van der Waals surface area contributed by atoms with E-state index in [2.05, 4.69) is 4.90 Å². The first-order valence-corrected chi connectivity index (χ1v) is 11.9. The lowest BCUT2D eigenvalue weighted by atomic mass is 9.68. The molecule has 1 saturated carbocycles. The molecule has 8 heteroatoms. The van der Waals surface area contributed by atoms with E-state index in [1.54, 1.807) is 30.3 Å². The fourth-order valence-corrected chi connectivity index (χ4v) is 5.72. The molecule has 1 fully saturated rings. The largest absolute Gasteiger partial charge is 0.490 e. The third kappa shape index (κ3) is 3.84. The quantitative estimate of drug-likeness (QED) is 0.426. The average molecular weight is 490 g/mol. The summed E-state index contributed by atoms with van der Waals surface area (Å²) in [6.45, 7) is 1.23. The van der Waals surface area contributed by atoms with E-state index in [1.165, 1.54) is 13.2 Å². The van der Waals surface area contributed by atoms with Crippen LogP contribution in [0.1, 0.15) is 47.2 Å². The lowest BCUT2D eigenvalue weighted by Crippen LogP contribution is -2.50. The number of methoxy groups -OCH3 is 1. The van der Waals surface area contributed by atoms with Crippen molar-refractivity contribution < 1.29 is 27.8 Å². The standard InChI is InChI=1S/C26H26ClF2NO4/c1-33-24(32)16-4-7-23-22(10-16)30(12-17-2-3-18(17)13-31)14-25(15-34-23)8-9-26(28,29)21-11-19(27)5-6-20(21)25/h4-7,10-11,13,17-18H,2-3,8-9,12,14-15H2,1H3/t17-,18-,25?/m0/s1. The molecule has 0 saturated heterocycles. The molecule has 0 N–H and O–H groups in total. The third-order valence-corrected chi connectivity index (χ3v) is 7.92. The van der Waals surface area contributed by atoms with Crippen LogP contribution in [0.4, 0.5) is 14.5 Å². The summed E-state index contributed by atoms with van der Waals surface area (Å²) < 4.78 is 41.0. The summed E-state index contributed by atoms with van der Waals surface area (Å²) in [6.07, 6.45) is 2.71. The SMILES string of the molecule is COC(=O)c1ccc2c(c1)N(C[C@@H]1CC[C@H]1C=O)CC1(CCC(F)(F)c3cc(Cl)ccc31)CO2. The molecule has 3 atom stereocenters. The molecule has 0 bridgehead atoms. The van der Waals surface area contributed by atoms with Gasteiger partial charge in [-0.15, -0.1) is 0 Å². The van der Waals surface area contributed by atoms with E-state index >= 15 is 0 Å². The summed E-state index contributed by atoms with van der Waals surface area (Å²) in [4.78, 5) is 25.8. The smallest absolute Gasteiger partial charge is 0.337 e. The van der Waals surface area contributed by atoms with Gasteiger partial charge in [0.15, 0.2) is 0 Å². The van der Waals surface area contributed by atoms with E-state index in [9.17, 15) is 18.4 Å². The van der Waals surface area contributed by atoms with E-state index in [-0.39, 0.29) is 41.9 Å². The van der Waals surface area contributed by atoms with Crippen LogP contribution < -0.4 is 9.64 Å². The number of carbonyl (C=O) groups is 2. The lowest BCUT2D eigenvalue weighted by molar-refractivity contribution is -0.115. The Bertz CT molecular complexity index is 1140. The molecule has 1 unspecified atom stereocenters. The molecule has 2 aromatic rings. The van der Waals surface area contributed by atoms with Crippen molar-refractivity contribution in [2.24, 2.45) is 11.8 Å². The minimum Gasteiger partial charge on any atom is -0.490 e. The number of anilines is 1. The highest BCUT2D eigenvalue weighted by Crippen LogP contribution is 2.51. The summed E-state index contributed by atoms with van der Waals surface area (Å²) in [5, 5.41) is 0.274. The molecule has 2 aromatic carbocycles. The van der Waals surface area contributed by atoms with Gasteiger partial charge < -0.3 is 19.2 Å². The number of esters is 1. The number of hydrogen-bond donors (Lipinski definition) is 0. The van der Waals surface area contributed by atoms with Crippen molar-refractivity contribution in [3.8, 4) is 5.75 Å². The number of hydrogen-bond acceptors (Lipinski definition) is 5. The average Bonchev–Trinajstić information content (AvgIpc) is 2.97. The molecule has 180 valence electrons. The van der Waals surface area contributed by atoms with Crippen LogP contribution in [0.25, 0.3) is 0 Å². The maximum atomic E-state index is 14.9. The van der Waals surface area contributed by atoms with Gasteiger partial charge in [0.1, 0.15) is 12.0 Å². The first-order chi connectivity index (χ1) is 16.3. The summed E-state index contributed by atoms with van der Waals surface area (Å²) in [5.74, 6) is -2.71. The first-order valence-electron chi connectivity index (χ1n) is 11.5. The van der Waals surface area contributed by atoms with Crippen LogP contribution in [-0.2, 0) is 20.9 Å². The van der Waals surface area contributed by atoms with Crippen molar-refractivity contribution in [3.05, 3.63) is 58.1 Å². The number of nitrogens with zero attached hydrogens (tertiary/aromatic N) is 1. The lowest BCUT2D eigenvalue weighted by Gasteiger charge is -2.45. The predicted octanol–water partition coefficient (Wildman–Crippen LogP) is 5.37. The number of rotatable bonds is 4. The van der Waals surface area contributed by atoms with Crippen molar-refractivity contribution in [2.45, 2.75) is 37.0 Å². The minimum absolute atomic E-state index is 0.0193. The molecule has 0 aromatic heterocycles. The highest BCUT2D eigenvalue weighted by atomic mass is 35.5. The van der Waals surface area contributed by atoms with Crippen molar-refractivity contribution in [3.63, 3.8) is 0 Å². The van der Waals surface area contributed by atoms with Gasteiger partial charge in [-0.1, -0.05) is 17.7 Å². The van der Waals surface area contributed by atoms with Gasteiger partial charge in [-0.3, -0.25) is 0 Å². The van der Waals surface area contributed by atoms with Gasteiger partial charge in [0.05, 0.1) is 25.0 Å². The normalized spacial score (nSPS) is 27.0. The highest BCUT2D eigenvalue weighted by molar-refractivity contribution is 6.30. The maximum Gasteiger partial charge on any atom is 0.337 e. The Morgan fingerprint density at radius 3 is 2.74 bits per heavy atom. The molecule has 2 aliphatic carbocycles. The fourth-order valence-electron chi connectivity index (χ4n) is 5.55. The van der Waals surface area contributed by atoms with E-state index in [4.69, 9.17) is 21.1 Å². The van der Waals surface area contributed by atoms with E-state index < -0.39 is 17.3 Å². The van der Waals surface area contributed by atoms with Crippen LogP contribution in [0.5, 0.6) is 5.75 Å². The van der Waals surface area contributed by atoms with Gasteiger partial charge in [-0.2, -0.15) is 0 Å². The number of alkyl halides is 2. The zero-order chi connectivity index (χ0) is 24.1. The first kappa shape index (κ1) is 23.1. The minimum atomic E-state index is -2.97. The Labute approximate surface area is 202 Å². The number of carbonyl (C=O) groups excluding carboxylic acids is 2. The van der Waals surface area contributed by atoms with Crippen molar-refractivity contribution >= 4 is 29.5 Å². The zero-order valence-electron chi connectivity index (χ0n) is 18.9. The third-order valence-electron chi connectivity index (χ3n) is 7.69. The molecule has 0 radical (unpaired) electrons. The molecule has 1 heterocycles. The second kappa shape index (κ2) is 8.52. The van der Waals surface area contributed by atoms with Gasteiger partial charge in [0.2, 0.25) is 0 Å². The Balaban J connectivity index is 1.59. The van der Waals surface area contributed by atoms with Gasteiger partial charge in [-0.05, 0) is 61.1 Å². The van der Waals surface area contributed by atoms with Gasteiger partial charge in [-0.25, -0.2) is 13.6 Å². The van der Waals surface area contributed by atoms with E-state index in [1.807, 2.05) is 0 Å². The topological polar surface area (TPSA) is 55.8 Å². The number of aldehydes is 1. The molecular weight excluding hydrogens is 464 g/mol. The molecule has 34 heavy (non-hydrogen) atoms. The fraction of sp³-hybridized carbons (Fsp3) is 0.462. The van der Waals surface area contributed by atoms with Crippen molar-refractivity contribution in [1.29, 1.82) is 0 Å². The van der Waals surface area contributed by atoms with Crippen LogP contribution in [-0.4, -0.2) is 39.1 Å². The summed E-state index contributed by atoms with van der Waals surface area (Å²) in [5.41, 5.74) is 0.898. The summed E-state index contributed by atoms with van der Waals surface area (Å²) in [6, 6.07) is 9.81. The van der Waals surface area contributed by atoms with Crippen LogP contribution in [0.15, 0.2) is 36.4 Å². The number of ether oxygens (including phenoxy) is 2. The summed E-state index contributed by atoms with van der Waals surface area (Å²) in [7, 11) is 1.32. The van der Waals surface area contributed by atoms with Gasteiger partial charge in [0, 0.05) is 41.4 Å². The highest BCUT2D eigenvalue weighted by Gasteiger charge is 2.50. The van der Waals surface area contributed by atoms with Gasteiger partial charge in [0.25, 0.3) is 5.92 Å². The van der Waals surface area contributed by atoms with Crippen LogP contribution in [0, 0.1) is 11.8 Å². The molecule has 1 spiro atoms. The van der Waals surface area contributed by atoms with Crippen LogP contribution in [0.3, 0.4) is 0 Å². The zero-order valence-corrected chi connectivity index (χ0v) is 19.6. The molecule has 0 amide bonds. The Morgan fingerprint density at radius 1 is 1.21 bits per heavy atom. The molecule has 3 aliphatic rings. The van der Waals surface area contributed by atoms with Crippen LogP contribution in [0.2, 0.25) is 5.02 Å².